The van der Waals surface area contributed by atoms with Crippen molar-refractivity contribution in [1.29, 1.82) is 0 Å². The average molecular weight is 280 g/mol. The van der Waals surface area contributed by atoms with Gasteiger partial charge in [-0.2, -0.15) is 0 Å². The Morgan fingerprint density at radius 3 is 2.58 bits per heavy atom. The van der Waals surface area contributed by atoms with Crippen LogP contribution in [0.4, 0.5) is 10.1 Å². The van der Waals surface area contributed by atoms with E-state index in [1.165, 1.54) is 6.07 Å². The molecule has 1 unspecified atom stereocenters. The van der Waals surface area contributed by atoms with E-state index in [1.54, 1.807) is 6.07 Å². The lowest BCUT2D eigenvalue weighted by molar-refractivity contribution is 0.467. The normalized spacial score (nSPS) is 12.2. The summed E-state index contributed by atoms with van der Waals surface area (Å²) in [7, 11) is 0. The van der Waals surface area contributed by atoms with Crippen LogP contribution in [0.25, 0.3) is 0 Å². The molecule has 2 N–H and O–H groups in total. The molecule has 0 aliphatic rings. The van der Waals surface area contributed by atoms with Crippen molar-refractivity contribution in [3.05, 3.63) is 58.4 Å². The number of aryl methyl sites for hydroxylation is 1. The molecule has 0 aliphatic heterocycles. The van der Waals surface area contributed by atoms with Gasteiger partial charge in [-0.25, -0.2) is 4.39 Å². The molecule has 0 aromatic heterocycles. The summed E-state index contributed by atoms with van der Waals surface area (Å²) in [5.74, 6) is -0.523. The number of phenols is 1. The Morgan fingerprint density at radius 1 is 1.21 bits per heavy atom. The van der Waals surface area contributed by atoms with Gasteiger partial charge in [0.2, 0.25) is 0 Å². The average Bonchev–Trinajstić information content (AvgIpc) is 2.32. The fourth-order valence-corrected chi connectivity index (χ4v) is 2.21. The molecule has 0 radical (unpaired) electrons. The number of halogens is 2. The maximum atomic E-state index is 13.7. The van der Waals surface area contributed by atoms with Crippen LogP contribution in [0.15, 0.2) is 36.4 Å². The zero-order valence-corrected chi connectivity index (χ0v) is 11.5. The van der Waals surface area contributed by atoms with Gasteiger partial charge in [0.05, 0.1) is 16.8 Å². The maximum Gasteiger partial charge on any atom is 0.132 e. The number of benzene rings is 2. The summed E-state index contributed by atoms with van der Waals surface area (Å²) >= 11 is 6.13. The van der Waals surface area contributed by atoms with Crippen LogP contribution in [0.5, 0.6) is 5.75 Å². The van der Waals surface area contributed by atoms with E-state index >= 15 is 0 Å². The molecule has 0 bridgehead atoms. The van der Waals surface area contributed by atoms with Gasteiger partial charge in [-0.15, -0.1) is 0 Å². The third-order valence-electron chi connectivity index (χ3n) is 2.95. The Kier molecular flexibility index (Phi) is 3.96. The van der Waals surface area contributed by atoms with Crippen molar-refractivity contribution in [2.24, 2.45) is 0 Å². The predicted molar refractivity (Wildman–Crippen MR) is 76.3 cm³/mol. The van der Waals surface area contributed by atoms with Gasteiger partial charge in [-0.1, -0.05) is 23.7 Å². The third kappa shape index (κ3) is 3.18. The molecule has 2 aromatic carbocycles. The lowest BCUT2D eigenvalue weighted by Gasteiger charge is -2.17. The first kappa shape index (κ1) is 13.7. The van der Waals surface area contributed by atoms with Crippen molar-refractivity contribution >= 4 is 17.3 Å². The molecular formula is C15H15ClFNO. The molecule has 1 atom stereocenters. The Labute approximate surface area is 116 Å². The monoisotopic (exact) mass is 279 g/mol. The highest BCUT2D eigenvalue weighted by molar-refractivity contribution is 6.33. The van der Waals surface area contributed by atoms with E-state index in [4.69, 9.17) is 11.6 Å². The Morgan fingerprint density at radius 2 is 1.95 bits per heavy atom. The van der Waals surface area contributed by atoms with E-state index in [2.05, 4.69) is 5.32 Å². The largest absolute Gasteiger partial charge is 0.508 e. The third-order valence-corrected chi connectivity index (χ3v) is 3.26. The number of phenolic OH excluding ortho intramolecular Hbond substituents is 1. The SMILES string of the molecule is Cc1ccc(NC(C)c2ccc(O)cc2F)c(Cl)c1. The second-order valence-electron chi connectivity index (χ2n) is 4.56. The molecule has 19 heavy (non-hydrogen) atoms. The number of hydrogen-bond acceptors (Lipinski definition) is 2. The van der Waals surface area contributed by atoms with Crippen LogP contribution in [-0.2, 0) is 0 Å². The molecule has 0 saturated carbocycles. The van der Waals surface area contributed by atoms with E-state index in [-0.39, 0.29) is 11.8 Å². The summed E-state index contributed by atoms with van der Waals surface area (Å²) in [5, 5.41) is 13.0. The predicted octanol–water partition coefficient (Wildman–Crippen LogP) is 4.67. The topological polar surface area (TPSA) is 32.3 Å². The van der Waals surface area contributed by atoms with Gasteiger partial charge in [0, 0.05) is 11.6 Å². The molecule has 2 rings (SSSR count). The molecule has 0 aliphatic carbocycles. The summed E-state index contributed by atoms with van der Waals surface area (Å²) in [5.41, 5.74) is 2.31. The lowest BCUT2D eigenvalue weighted by atomic mass is 10.1. The maximum absolute atomic E-state index is 13.7. The molecule has 2 aromatic rings. The summed E-state index contributed by atoms with van der Waals surface area (Å²) in [6.07, 6.45) is 0. The summed E-state index contributed by atoms with van der Waals surface area (Å²) < 4.78 is 13.7. The van der Waals surface area contributed by atoms with Crippen LogP contribution in [-0.4, -0.2) is 5.11 Å². The first-order valence-electron chi connectivity index (χ1n) is 5.98. The Hall–Kier alpha value is -1.74. The van der Waals surface area contributed by atoms with Crippen molar-refractivity contribution in [2.75, 3.05) is 5.32 Å². The zero-order valence-electron chi connectivity index (χ0n) is 10.7. The summed E-state index contributed by atoms with van der Waals surface area (Å²) in [4.78, 5) is 0. The number of rotatable bonds is 3. The zero-order chi connectivity index (χ0) is 14.0. The molecule has 0 fully saturated rings. The second kappa shape index (κ2) is 5.49. The number of nitrogens with one attached hydrogen (secondary N) is 1. The molecule has 0 saturated heterocycles. The van der Waals surface area contributed by atoms with Crippen LogP contribution in [0.2, 0.25) is 5.02 Å². The van der Waals surface area contributed by atoms with Crippen LogP contribution in [0.1, 0.15) is 24.1 Å². The fraction of sp³-hybridized carbons (Fsp3) is 0.200. The van der Waals surface area contributed by atoms with Gasteiger partial charge in [0.25, 0.3) is 0 Å². The van der Waals surface area contributed by atoms with E-state index in [0.29, 0.717) is 10.6 Å². The summed E-state index contributed by atoms with van der Waals surface area (Å²) in [6.45, 7) is 3.80. The molecule has 100 valence electrons. The van der Waals surface area contributed by atoms with E-state index in [0.717, 1.165) is 17.3 Å². The van der Waals surface area contributed by atoms with Crippen LogP contribution in [0.3, 0.4) is 0 Å². The number of hydrogen-bond donors (Lipinski definition) is 2. The highest BCUT2D eigenvalue weighted by Crippen LogP contribution is 2.28. The van der Waals surface area contributed by atoms with Gasteiger partial charge >= 0.3 is 0 Å². The van der Waals surface area contributed by atoms with Crippen molar-refractivity contribution < 1.29 is 9.50 Å². The van der Waals surface area contributed by atoms with Crippen molar-refractivity contribution in [3.63, 3.8) is 0 Å². The van der Waals surface area contributed by atoms with Crippen LogP contribution in [0, 0.1) is 12.7 Å². The standard InChI is InChI=1S/C15H15ClFNO/c1-9-3-6-15(13(16)7-9)18-10(2)12-5-4-11(19)8-14(12)17/h3-8,10,18-19H,1-2H3. The fourth-order valence-electron chi connectivity index (χ4n) is 1.92. The van der Waals surface area contributed by atoms with Crippen molar-refractivity contribution in [1.82, 2.24) is 0 Å². The van der Waals surface area contributed by atoms with Gasteiger partial charge in [0.1, 0.15) is 11.6 Å². The second-order valence-corrected chi connectivity index (χ2v) is 4.96. The first-order chi connectivity index (χ1) is 8.97. The van der Waals surface area contributed by atoms with Gasteiger partial charge in [-0.05, 0) is 37.6 Å². The van der Waals surface area contributed by atoms with Gasteiger partial charge < -0.3 is 10.4 Å². The van der Waals surface area contributed by atoms with Crippen molar-refractivity contribution in [2.45, 2.75) is 19.9 Å². The lowest BCUT2D eigenvalue weighted by Crippen LogP contribution is -2.08. The Balaban J connectivity index is 2.23. The van der Waals surface area contributed by atoms with Gasteiger partial charge in [-0.3, -0.25) is 0 Å². The van der Waals surface area contributed by atoms with E-state index in [1.807, 2.05) is 32.0 Å². The molecular weight excluding hydrogens is 265 g/mol. The van der Waals surface area contributed by atoms with E-state index in [9.17, 15) is 9.50 Å². The minimum absolute atomic E-state index is 0.0816. The van der Waals surface area contributed by atoms with E-state index < -0.39 is 5.82 Å². The highest BCUT2D eigenvalue weighted by atomic mass is 35.5. The highest BCUT2D eigenvalue weighted by Gasteiger charge is 2.12. The molecule has 4 heteroatoms. The molecule has 0 amide bonds. The number of anilines is 1. The quantitative estimate of drug-likeness (QED) is 0.856. The van der Waals surface area contributed by atoms with Gasteiger partial charge in [0.15, 0.2) is 0 Å². The Bertz CT molecular complexity index is 601. The molecule has 0 spiro atoms. The van der Waals surface area contributed by atoms with Crippen LogP contribution >= 0.6 is 11.6 Å². The summed E-state index contributed by atoms with van der Waals surface area (Å²) in [6, 6.07) is 9.53. The van der Waals surface area contributed by atoms with Crippen molar-refractivity contribution in [3.8, 4) is 5.75 Å². The minimum Gasteiger partial charge on any atom is -0.508 e. The molecule has 0 heterocycles. The minimum atomic E-state index is -0.441. The number of aromatic hydroxyl groups is 1. The molecule has 2 nitrogen and oxygen atoms in total. The first-order valence-corrected chi connectivity index (χ1v) is 6.36. The smallest absolute Gasteiger partial charge is 0.132 e. The van der Waals surface area contributed by atoms with Crippen LogP contribution < -0.4 is 5.32 Å².